The standard InChI is InChI=1S/C14H18ClN3/c1-11-13(9-15)14(18(3)16-11)17(2)10-12-7-5-4-6-8-12/h4-8H,9-10H2,1-3H3. The van der Waals surface area contributed by atoms with Crippen molar-refractivity contribution in [3.63, 3.8) is 0 Å². The van der Waals surface area contributed by atoms with Gasteiger partial charge in [-0.15, -0.1) is 11.6 Å². The lowest BCUT2D eigenvalue weighted by Crippen LogP contribution is -2.20. The summed E-state index contributed by atoms with van der Waals surface area (Å²) < 4.78 is 1.90. The van der Waals surface area contributed by atoms with Crippen molar-refractivity contribution >= 4 is 17.4 Å². The molecule has 2 rings (SSSR count). The maximum absolute atomic E-state index is 6.02. The van der Waals surface area contributed by atoms with Gasteiger partial charge in [0, 0.05) is 26.2 Å². The summed E-state index contributed by atoms with van der Waals surface area (Å²) >= 11 is 6.02. The largest absolute Gasteiger partial charge is 0.355 e. The van der Waals surface area contributed by atoms with Crippen LogP contribution in [0.4, 0.5) is 5.82 Å². The molecule has 1 aromatic heterocycles. The molecule has 0 saturated heterocycles. The Morgan fingerprint density at radius 3 is 2.56 bits per heavy atom. The maximum Gasteiger partial charge on any atom is 0.131 e. The molecule has 0 radical (unpaired) electrons. The van der Waals surface area contributed by atoms with Crippen LogP contribution in [0.2, 0.25) is 0 Å². The van der Waals surface area contributed by atoms with Crippen molar-refractivity contribution in [1.29, 1.82) is 0 Å². The molecule has 0 aliphatic rings. The fraction of sp³-hybridized carbons (Fsp3) is 0.357. The lowest BCUT2D eigenvalue weighted by Gasteiger charge is -2.20. The summed E-state index contributed by atoms with van der Waals surface area (Å²) in [5.74, 6) is 1.58. The highest BCUT2D eigenvalue weighted by Gasteiger charge is 2.16. The fourth-order valence-corrected chi connectivity index (χ4v) is 2.57. The third-order valence-corrected chi connectivity index (χ3v) is 3.34. The Morgan fingerprint density at radius 1 is 1.28 bits per heavy atom. The van der Waals surface area contributed by atoms with Gasteiger partial charge in [0.25, 0.3) is 0 Å². The number of aryl methyl sites for hydroxylation is 2. The summed E-state index contributed by atoms with van der Waals surface area (Å²) in [6, 6.07) is 10.4. The first-order valence-corrected chi connectivity index (χ1v) is 6.50. The highest BCUT2D eigenvalue weighted by molar-refractivity contribution is 6.17. The van der Waals surface area contributed by atoms with Crippen molar-refractivity contribution in [1.82, 2.24) is 9.78 Å². The molecule has 0 bridgehead atoms. The summed E-state index contributed by atoms with van der Waals surface area (Å²) in [7, 11) is 4.03. The molecule has 0 fully saturated rings. The number of halogens is 1. The fourth-order valence-electron chi connectivity index (χ4n) is 2.26. The van der Waals surface area contributed by atoms with Crippen LogP contribution in [0.25, 0.3) is 0 Å². The molecule has 4 heteroatoms. The van der Waals surface area contributed by atoms with E-state index in [0.29, 0.717) is 5.88 Å². The third kappa shape index (κ3) is 2.51. The molecular formula is C14H18ClN3. The molecule has 1 aromatic carbocycles. The van der Waals surface area contributed by atoms with Gasteiger partial charge in [-0.3, -0.25) is 4.68 Å². The van der Waals surface area contributed by atoms with Crippen molar-refractivity contribution in [2.75, 3.05) is 11.9 Å². The lowest BCUT2D eigenvalue weighted by molar-refractivity contribution is 0.726. The van der Waals surface area contributed by atoms with E-state index < -0.39 is 0 Å². The highest BCUT2D eigenvalue weighted by atomic mass is 35.5. The van der Waals surface area contributed by atoms with Crippen molar-refractivity contribution in [2.24, 2.45) is 7.05 Å². The third-order valence-electron chi connectivity index (χ3n) is 3.07. The van der Waals surface area contributed by atoms with E-state index in [1.807, 2.05) is 24.7 Å². The van der Waals surface area contributed by atoms with E-state index in [0.717, 1.165) is 23.6 Å². The van der Waals surface area contributed by atoms with Gasteiger partial charge in [-0.1, -0.05) is 30.3 Å². The predicted molar refractivity (Wildman–Crippen MR) is 76.1 cm³/mol. The second-order valence-electron chi connectivity index (χ2n) is 4.49. The Balaban J connectivity index is 2.26. The van der Waals surface area contributed by atoms with E-state index >= 15 is 0 Å². The van der Waals surface area contributed by atoms with Gasteiger partial charge < -0.3 is 4.90 Å². The number of hydrogen-bond donors (Lipinski definition) is 0. The topological polar surface area (TPSA) is 21.1 Å². The van der Waals surface area contributed by atoms with Gasteiger partial charge in [-0.05, 0) is 12.5 Å². The molecule has 0 aliphatic heterocycles. The van der Waals surface area contributed by atoms with Gasteiger partial charge in [0.1, 0.15) is 5.82 Å². The van der Waals surface area contributed by atoms with E-state index in [1.54, 1.807) is 0 Å². The molecule has 3 nitrogen and oxygen atoms in total. The summed E-state index contributed by atoms with van der Waals surface area (Å²) in [5.41, 5.74) is 3.39. The Bertz CT molecular complexity index is 519. The van der Waals surface area contributed by atoms with Crippen LogP contribution in [0.3, 0.4) is 0 Å². The van der Waals surface area contributed by atoms with Crippen molar-refractivity contribution in [3.8, 4) is 0 Å². The van der Waals surface area contributed by atoms with Gasteiger partial charge in [0.15, 0.2) is 0 Å². The molecule has 0 aliphatic carbocycles. The number of rotatable bonds is 4. The summed E-state index contributed by atoms with van der Waals surface area (Å²) in [6.45, 7) is 2.85. The first-order chi connectivity index (χ1) is 8.63. The number of hydrogen-bond acceptors (Lipinski definition) is 2. The van der Waals surface area contributed by atoms with Crippen LogP contribution in [-0.2, 0) is 19.5 Å². The Labute approximate surface area is 113 Å². The van der Waals surface area contributed by atoms with Crippen molar-refractivity contribution in [2.45, 2.75) is 19.3 Å². The Morgan fingerprint density at radius 2 is 1.94 bits per heavy atom. The molecule has 0 N–H and O–H groups in total. The van der Waals surface area contributed by atoms with E-state index in [9.17, 15) is 0 Å². The van der Waals surface area contributed by atoms with Crippen LogP contribution in [-0.4, -0.2) is 16.8 Å². The highest BCUT2D eigenvalue weighted by Crippen LogP contribution is 2.25. The smallest absolute Gasteiger partial charge is 0.131 e. The average molecular weight is 264 g/mol. The van der Waals surface area contributed by atoms with Gasteiger partial charge in [0.2, 0.25) is 0 Å². The second kappa shape index (κ2) is 5.44. The van der Waals surface area contributed by atoms with Crippen LogP contribution in [0.15, 0.2) is 30.3 Å². The van der Waals surface area contributed by atoms with E-state index in [-0.39, 0.29) is 0 Å². The molecule has 2 aromatic rings. The van der Waals surface area contributed by atoms with Gasteiger partial charge >= 0.3 is 0 Å². The molecule has 0 saturated carbocycles. The van der Waals surface area contributed by atoms with E-state index in [2.05, 4.69) is 41.3 Å². The quantitative estimate of drug-likeness (QED) is 0.791. The second-order valence-corrected chi connectivity index (χ2v) is 4.75. The molecule has 0 atom stereocenters. The molecule has 0 unspecified atom stereocenters. The van der Waals surface area contributed by atoms with Crippen molar-refractivity contribution < 1.29 is 0 Å². The normalized spacial score (nSPS) is 10.7. The first-order valence-electron chi connectivity index (χ1n) is 5.97. The summed E-state index contributed by atoms with van der Waals surface area (Å²) in [6.07, 6.45) is 0. The lowest BCUT2D eigenvalue weighted by atomic mass is 10.2. The minimum Gasteiger partial charge on any atom is -0.355 e. The molecule has 18 heavy (non-hydrogen) atoms. The van der Waals surface area contributed by atoms with Crippen LogP contribution in [0.1, 0.15) is 16.8 Å². The SMILES string of the molecule is Cc1nn(C)c(N(C)Cc2ccccc2)c1CCl. The van der Waals surface area contributed by atoms with Crippen LogP contribution in [0, 0.1) is 6.92 Å². The molecule has 0 spiro atoms. The Kier molecular flexibility index (Phi) is 3.92. The number of benzene rings is 1. The Hall–Kier alpha value is -1.48. The maximum atomic E-state index is 6.02. The summed E-state index contributed by atoms with van der Waals surface area (Å²) in [4.78, 5) is 2.19. The zero-order chi connectivity index (χ0) is 13.1. The zero-order valence-electron chi connectivity index (χ0n) is 11.0. The average Bonchev–Trinajstić information content (AvgIpc) is 2.64. The monoisotopic (exact) mass is 263 g/mol. The molecule has 96 valence electrons. The van der Waals surface area contributed by atoms with Gasteiger partial charge in [0.05, 0.1) is 11.6 Å². The zero-order valence-corrected chi connectivity index (χ0v) is 11.8. The minimum atomic E-state index is 0.494. The minimum absolute atomic E-state index is 0.494. The predicted octanol–water partition coefficient (Wildman–Crippen LogP) is 3.10. The first kappa shape index (κ1) is 13.0. The van der Waals surface area contributed by atoms with Crippen molar-refractivity contribution in [3.05, 3.63) is 47.2 Å². The molecule has 1 heterocycles. The van der Waals surface area contributed by atoms with Gasteiger partial charge in [-0.25, -0.2) is 0 Å². The number of nitrogens with zero attached hydrogens (tertiary/aromatic N) is 3. The van der Waals surface area contributed by atoms with Gasteiger partial charge in [-0.2, -0.15) is 5.10 Å². The number of aromatic nitrogens is 2. The summed E-state index contributed by atoms with van der Waals surface area (Å²) in [5, 5.41) is 4.44. The van der Waals surface area contributed by atoms with E-state index in [4.69, 9.17) is 11.6 Å². The number of anilines is 1. The van der Waals surface area contributed by atoms with Crippen LogP contribution < -0.4 is 4.90 Å². The van der Waals surface area contributed by atoms with Crippen LogP contribution in [0.5, 0.6) is 0 Å². The molecule has 0 amide bonds. The van der Waals surface area contributed by atoms with Crippen LogP contribution >= 0.6 is 11.6 Å². The molecular weight excluding hydrogens is 246 g/mol. The van der Waals surface area contributed by atoms with E-state index in [1.165, 1.54) is 5.56 Å². The number of alkyl halides is 1.